The van der Waals surface area contributed by atoms with Gasteiger partial charge in [-0.3, -0.25) is 9.55 Å². The average molecular weight is 307 g/mol. The summed E-state index contributed by atoms with van der Waals surface area (Å²) < 4.78 is 3.11. The van der Waals surface area contributed by atoms with Crippen molar-refractivity contribution in [2.75, 3.05) is 0 Å². The van der Waals surface area contributed by atoms with E-state index in [0.717, 1.165) is 38.7 Å². The number of nitrogens with zero attached hydrogens (tertiary/aromatic N) is 5. The lowest BCUT2D eigenvalue weighted by molar-refractivity contribution is 0.996. The Labute approximate surface area is 131 Å². The molecule has 3 aromatic heterocycles. The average Bonchev–Trinajstić information content (AvgIpc) is 3.15. The van der Waals surface area contributed by atoms with Crippen molar-refractivity contribution < 1.29 is 0 Å². The van der Waals surface area contributed by atoms with Crippen molar-refractivity contribution in [2.45, 2.75) is 13.8 Å². The summed E-state index contributed by atoms with van der Waals surface area (Å²) in [5, 5.41) is 8.40. The van der Waals surface area contributed by atoms with Crippen LogP contribution < -0.4 is 0 Å². The number of fused-ring (bicyclic) bond motifs is 1. The highest BCUT2D eigenvalue weighted by molar-refractivity contribution is 7.16. The van der Waals surface area contributed by atoms with E-state index in [9.17, 15) is 0 Å². The van der Waals surface area contributed by atoms with Gasteiger partial charge in [0, 0.05) is 11.3 Å². The van der Waals surface area contributed by atoms with Gasteiger partial charge in [-0.1, -0.05) is 6.07 Å². The molecule has 0 atom stereocenters. The molecule has 0 saturated carbocycles. The Kier molecular flexibility index (Phi) is 2.97. The molecule has 0 aliphatic heterocycles. The van der Waals surface area contributed by atoms with Crippen LogP contribution in [0.5, 0.6) is 0 Å². The second-order valence-corrected chi connectivity index (χ2v) is 5.97. The van der Waals surface area contributed by atoms with Crippen molar-refractivity contribution in [3.8, 4) is 17.1 Å². The first-order valence-corrected chi connectivity index (χ1v) is 7.79. The van der Waals surface area contributed by atoms with E-state index >= 15 is 0 Å². The number of hydrogen-bond acceptors (Lipinski definition) is 5. The van der Waals surface area contributed by atoms with E-state index in [1.165, 1.54) is 0 Å². The summed E-state index contributed by atoms with van der Waals surface area (Å²) in [6.07, 6.45) is 1.72. The van der Waals surface area contributed by atoms with Gasteiger partial charge in [0.2, 0.25) is 0 Å². The Morgan fingerprint density at radius 2 is 2.00 bits per heavy atom. The molecule has 0 radical (unpaired) electrons. The van der Waals surface area contributed by atoms with E-state index in [1.54, 1.807) is 17.7 Å². The standard InChI is InChI=1S/C16H13N5S/c1-10-6-7-13(11(2)19-10)21-8-18-20-16(21)12-4-3-5-14-15(12)17-9-22-14/h3-9H,1-2H3. The molecule has 0 spiro atoms. The largest absolute Gasteiger partial charge is 0.280 e. The number of para-hydroxylation sites is 1. The van der Waals surface area contributed by atoms with Gasteiger partial charge in [0.05, 0.1) is 27.1 Å². The Balaban J connectivity index is 1.95. The SMILES string of the molecule is Cc1ccc(-n2cnnc2-c2cccc3scnc23)c(C)n1. The third-order valence-electron chi connectivity index (χ3n) is 3.61. The zero-order chi connectivity index (χ0) is 15.1. The second-order valence-electron chi connectivity index (χ2n) is 5.09. The Hall–Kier alpha value is -2.60. The van der Waals surface area contributed by atoms with Crippen LogP contribution in [-0.4, -0.2) is 24.7 Å². The Morgan fingerprint density at radius 1 is 1.09 bits per heavy atom. The van der Waals surface area contributed by atoms with E-state index in [4.69, 9.17) is 0 Å². The molecule has 6 heteroatoms. The quantitative estimate of drug-likeness (QED) is 0.568. The van der Waals surface area contributed by atoms with Gasteiger partial charge in [0.15, 0.2) is 5.82 Å². The van der Waals surface area contributed by atoms with Crippen molar-refractivity contribution in [3.05, 3.63) is 53.6 Å². The summed E-state index contributed by atoms with van der Waals surface area (Å²) >= 11 is 1.62. The summed E-state index contributed by atoms with van der Waals surface area (Å²) in [5.74, 6) is 0.783. The van der Waals surface area contributed by atoms with Crippen LogP contribution in [0.4, 0.5) is 0 Å². The van der Waals surface area contributed by atoms with Crippen LogP contribution in [0.15, 0.2) is 42.2 Å². The van der Waals surface area contributed by atoms with Crippen molar-refractivity contribution in [2.24, 2.45) is 0 Å². The third-order valence-corrected chi connectivity index (χ3v) is 4.40. The van der Waals surface area contributed by atoms with E-state index in [0.29, 0.717) is 0 Å². The third kappa shape index (κ3) is 2.00. The monoisotopic (exact) mass is 307 g/mol. The fourth-order valence-corrected chi connectivity index (χ4v) is 3.30. The topological polar surface area (TPSA) is 56.5 Å². The molecule has 4 rings (SSSR count). The molecule has 0 amide bonds. The molecule has 4 aromatic rings. The lowest BCUT2D eigenvalue weighted by atomic mass is 10.1. The molecule has 22 heavy (non-hydrogen) atoms. The van der Waals surface area contributed by atoms with Crippen LogP contribution in [0.2, 0.25) is 0 Å². The highest BCUT2D eigenvalue weighted by Gasteiger charge is 2.15. The second kappa shape index (κ2) is 4.99. The maximum absolute atomic E-state index is 4.53. The molecule has 0 aliphatic carbocycles. The molecule has 0 N–H and O–H groups in total. The highest BCUT2D eigenvalue weighted by Crippen LogP contribution is 2.30. The summed E-state index contributed by atoms with van der Waals surface area (Å²) in [4.78, 5) is 8.99. The Morgan fingerprint density at radius 3 is 2.86 bits per heavy atom. The van der Waals surface area contributed by atoms with Crippen molar-refractivity contribution in [3.63, 3.8) is 0 Å². The van der Waals surface area contributed by atoms with Gasteiger partial charge in [-0.2, -0.15) is 0 Å². The summed E-state index contributed by atoms with van der Waals surface area (Å²) in [6.45, 7) is 3.98. The number of hydrogen-bond donors (Lipinski definition) is 0. The molecule has 0 bridgehead atoms. The molecular formula is C16H13N5S. The van der Waals surface area contributed by atoms with Crippen LogP contribution in [0, 0.1) is 13.8 Å². The molecule has 0 aliphatic rings. The molecule has 0 saturated heterocycles. The zero-order valence-electron chi connectivity index (χ0n) is 12.2. The zero-order valence-corrected chi connectivity index (χ0v) is 13.0. The van der Waals surface area contributed by atoms with Gasteiger partial charge in [0.25, 0.3) is 0 Å². The summed E-state index contributed by atoms with van der Waals surface area (Å²) in [6, 6.07) is 10.2. The number of aromatic nitrogens is 5. The minimum Gasteiger partial charge on any atom is -0.280 e. The predicted octanol–water partition coefficient (Wildman–Crippen LogP) is 3.56. The van der Waals surface area contributed by atoms with Crippen molar-refractivity contribution >= 4 is 21.6 Å². The van der Waals surface area contributed by atoms with Crippen LogP contribution in [0.25, 0.3) is 27.3 Å². The maximum Gasteiger partial charge on any atom is 0.170 e. The van der Waals surface area contributed by atoms with Gasteiger partial charge in [-0.15, -0.1) is 21.5 Å². The van der Waals surface area contributed by atoms with E-state index < -0.39 is 0 Å². The lowest BCUT2D eigenvalue weighted by Gasteiger charge is -2.10. The van der Waals surface area contributed by atoms with Gasteiger partial charge < -0.3 is 0 Å². The number of pyridine rings is 1. The first-order valence-electron chi connectivity index (χ1n) is 6.91. The van der Waals surface area contributed by atoms with Crippen LogP contribution in [0.1, 0.15) is 11.4 Å². The van der Waals surface area contributed by atoms with Crippen LogP contribution in [0.3, 0.4) is 0 Å². The first-order chi connectivity index (χ1) is 10.7. The molecule has 0 unspecified atom stereocenters. The Bertz CT molecular complexity index is 970. The minimum absolute atomic E-state index is 0.783. The molecule has 108 valence electrons. The normalized spacial score (nSPS) is 11.2. The molecule has 0 fully saturated rings. The first kappa shape index (κ1) is 13.1. The number of thiazole rings is 1. The van der Waals surface area contributed by atoms with Crippen LogP contribution in [-0.2, 0) is 0 Å². The summed E-state index contributed by atoms with van der Waals surface area (Å²) in [5.41, 5.74) is 6.73. The van der Waals surface area contributed by atoms with E-state index in [1.807, 2.05) is 48.2 Å². The minimum atomic E-state index is 0.783. The van der Waals surface area contributed by atoms with Gasteiger partial charge in [-0.05, 0) is 38.1 Å². The highest BCUT2D eigenvalue weighted by atomic mass is 32.1. The fraction of sp³-hybridized carbons (Fsp3) is 0.125. The van der Waals surface area contributed by atoms with Crippen molar-refractivity contribution in [1.29, 1.82) is 0 Å². The number of benzene rings is 1. The van der Waals surface area contributed by atoms with Gasteiger partial charge in [0.1, 0.15) is 6.33 Å². The fourth-order valence-electron chi connectivity index (χ4n) is 2.60. The predicted molar refractivity (Wildman–Crippen MR) is 87.2 cm³/mol. The van der Waals surface area contributed by atoms with Crippen LogP contribution >= 0.6 is 11.3 Å². The van der Waals surface area contributed by atoms with Gasteiger partial charge >= 0.3 is 0 Å². The number of rotatable bonds is 2. The smallest absolute Gasteiger partial charge is 0.170 e. The van der Waals surface area contributed by atoms with Crippen molar-refractivity contribution in [1.82, 2.24) is 24.7 Å². The molecule has 5 nitrogen and oxygen atoms in total. The molecular weight excluding hydrogens is 294 g/mol. The number of aryl methyl sites for hydroxylation is 2. The summed E-state index contributed by atoms with van der Waals surface area (Å²) in [7, 11) is 0. The van der Waals surface area contributed by atoms with E-state index in [-0.39, 0.29) is 0 Å². The van der Waals surface area contributed by atoms with Gasteiger partial charge in [-0.25, -0.2) is 4.98 Å². The molecule has 3 heterocycles. The molecule has 1 aromatic carbocycles. The lowest BCUT2D eigenvalue weighted by Crippen LogP contribution is -2.01. The van der Waals surface area contributed by atoms with E-state index in [2.05, 4.69) is 26.2 Å². The maximum atomic E-state index is 4.53.